The van der Waals surface area contributed by atoms with Crippen molar-refractivity contribution in [1.82, 2.24) is 10.6 Å². The molecule has 0 bridgehead atoms. The number of nitrogens with one attached hydrogen (secondary N) is 2. The number of benzene rings is 1. The van der Waals surface area contributed by atoms with Gasteiger partial charge in [-0.25, -0.2) is 0 Å². The number of carbonyl (C=O) groups is 2. The van der Waals surface area contributed by atoms with Crippen molar-refractivity contribution in [2.45, 2.75) is 32.9 Å². The monoisotopic (exact) mass is 263 g/mol. The first-order valence-electron chi connectivity index (χ1n) is 6.39. The van der Waals surface area contributed by atoms with Crippen LogP contribution < -0.4 is 16.4 Å². The molecular weight excluding hydrogens is 242 g/mol. The maximum atomic E-state index is 11.8. The van der Waals surface area contributed by atoms with Gasteiger partial charge in [-0.2, -0.15) is 0 Å². The summed E-state index contributed by atoms with van der Waals surface area (Å²) in [4.78, 5) is 23.2. The predicted molar refractivity (Wildman–Crippen MR) is 74.6 cm³/mol. The van der Waals surface area contributed by atoms with Gasteiger partial charge in [-0.3, -0.25) is 9.59 Å². The largest absolute Gasteiger partial charge is 0.354 e. The summed E-state index contributed by atoms with van der Waals surface area (Å²) in [6.07, 6.45) is 0.278. The lowest BCUT2D eigenvalue weighted by Gasteiger charge is -2.09. The molecule has 0 spiro atoms. The summed E-state index contributed by atoms with van der Waals surface area (Å²) in [6, 6.07) is 7.26. The highest BCUT2D eigenvalue weighted by molar-refractivity contribution is 5.94. The molecule has 104 valence electrons. The van der Waals surface area contributed by atoms with Crippen molar-refractivity contribution in [2.75, 3.05) is 6.54 Å². The van der Waals surface area contributed by atoms with Gasteiger partial charge >= 0.3 is 0 Å². The van der Waals surface area contributed by atoms with Crippen molar-refractivity contribution in [3.63, 3.8) is 0 Å². The van der Waals surface area contributed by atoms with Crippen LogP contribution in [0.4, 0.5) is 0 Å². The van der Waals surface area contributed by atoms with Crippen LogP contribution in [-0.4, -0.2) is 24.4 Å². The Kier molecular flexibility index (Phi) is 6.02. The highest BCUT2D eigenvalue weighted by Crippen LogP contribution is 2.04. The summed E-state index contributed by atoms with van der Waals surface area (Å²) >= 11 is 0. The van der Waals surface area contributed by atoms with Crippen LogP contribution >= 0.6 is 0 Å². The fraction of sp³-hybridized carbons (Fsp3) is 0.429. The van der Waals surface area contributed by atoms with Gasteiger partial charge in [0.1, 0.15) is 0 Å². The molecule has 5 heteroatoms. The fourth-order valence-electron chi connectivity index (χ4n) is 1.63. The van der Waals surface area contributed by atoms with E-state index < -0.39 is 0 Å². The van der Waals surface area contributed by atoms with E-state index in [-0.39, 0.29) is 24.3 Å². The van der Waals surface area contributed by atoms with Gasteiger partial charge in [0.15, 0.2) is 0 Å². The Morgan fingerprint density at radius 3 is 2.68 bits per heavy atom. The first-order chi connectivity index (χ1) is 9.02. The second-order valence-corrected chi connectivity index (χ2v) is 4.63. The fourth-order valence-corrected chi connectivity index (χ4v) is 1.63. The summed E-state index contributed by atoms with van der Waals surface area (Å²) in [6.45, 7) is 4.52. The van der Waals surface area contributed by atoms with Gasteiger partial charge < -0.3 is 16.4 Å². The lowest BCUT2D eigenvalue weighted by atomic mass is 10.1. The van der Waals surface area contributed by atoms with Crippen LogP contribution in [0.15, 0.2) is 24.3 Å². The van der Waals surface area contributed by atoms with Crippen LogP contribution in [-0.2, 0) is 11.3 Å². The molecule has 0 atom stereocenters. The summed E-state index contributed by atoms with van der Waals surface area (Å²) < 4.78 is 0. The van der Waals surface area contributed by atoms with Crippen molar-refractivity contribution < 1.29 is 9.59 Å². The number of nitrogens with two attached hydrogens (primary N) is 1. The molecular formula is C14H21N3O2. The smallest absolute Gasteiger partial charge is 0.251 e. The minimum atomic E-state index is -0.187. The van der Waals surface area contributed by atoms with E-state index in [0.29, 0.717) is 18.7 Å². The number of carbonyl (C=O) groups excluding carboxylic acids is 2. The molecule has 4 N–H and O–H groups in total. The van der Waals surface area contributed by atoms with E-state index in [0.717, 1.165) is 5.56 Å². The molecule has 1 rings (SSSR count). The molecule has 0 aliphatic rings. The van der Waals surface area contributed by atoms with E-state index in [1.807, 2.05) is 19.9 Å². The molecule has 0 aliphatic heterocycles. The van der Waals surface area contributed by atoms with Crippen molar-refractivity contribution in [3.05, 3.63) is 35.4 Å². The molecule has 19 heavy (non-hydrogen) atoms. The van der Waals surface area contributed by atoms with E-state index in [9.17, 15) is 9.59 Å². The first kappa shape index (κ1) is 15.2. The van der Waals surface area contributed by atoms with Crippen molar-refractivity contribution in [2.24, 2.45) is 5.73 Å². The Balaban J connectivity index is 2.40. The Morgan fingerprint density at radius 2 is 2.05 bits per heavy atom. The van der Waals surface area contributed by atoms with Gasteiger partial charge in [-0.15, -0.1) is 0 Å². The third-order valence-corrected chi connectivity index (χ3v) is 2.51. The van der Waals surface area contributed by atoms with Crippen LogP contribution in [0.1, 0.15) is 36.2 Å². The SMILES string of the molecule is CC(C)NC(=O)CCNC(=O)c1cccc(CN)c1. The molecule has 0 aliphatic carbocycles. The molecule has 0 aromatic heterocycles. The lowest BCUT2D eigenvalue weighted by Crippen LogP contribution is -2.34. The van der Waals surface area contributed by atoms with Crippen LogP contribution in [0.25, 0.3) is 0 Å². The lowest BCUT2D eigenvalue weighted by molar-refractivity contribution is -0.121. The molecule has 0 fully saturated rings. The molecule has 0 heterocycles. The van der Waals surface area contributed by atoms with E-state index in [4.69, 9.17) is 5.73 Å². The molecule has 1 aromatic carbocycles. The van der Waals surface area contributed by atoms with E-state index in [1.54, 1.807) is 18.2 Å². The van der Waals surface area contributed by atoms with Crippen molar-refractivity contribution >= 4 is 11.8 Å². The average molecular weight is 263 g/mol. The molecule has 0 saturated carbocycles. The summed E-state index contributed by atoms with van der Waals surface area (Å²) in [5, 5.41) is 5.48. The van der Waals surface area contributed by atoms with Gasteiger partial charge in [0, 0.05) is 31.1 Å². The van der Waals surface area contributed by atoms with Gasteiger partial charge in [0.2, 0.25) is 5.91 Å². The van der Waals surface area contributed by atoms with E-state index in [2.05, 4.69) is 10.6 Å². The maximum Gasteiger partial charge on any atom is 0.251 e. The van der Waals surface area contributed by atoms with Crippen molar-refractivity contribution in [1.29, 1.82) is 0 Å². The zero-order chi connectivity index (χ0) is 14.3. The molecule has 0 saturated heterocycles. The third kappa shape index (κ3) is 5.52. The van der Waals surface area contributed by atoms with Crippen LogP contribution in [0.3, 0.4) is 0 Å². The molecule has 0 unspecified atom stereocenters. The summed E-state index contributed by atoms with van der Waals surface area (Å²) in [5.41, 5.74) is 6.99. The zero-order valence-electron chi connectivity index (χ0n) is 11.4. The third-order valence-electron chi connectivity index (χ3n) is 2.51. The number of rotatable bonds is 6. The second-order valence-electron chi connectivity index (χ2n) is 4.63. The Morgan fingerprint density at radius 1 is 1.32 bits per heavy atom. The van der Waals surface area contributed by atoms with Crippen LogP contribution in [0.2, 0.25) is 0 Å². The van der Waals surface area contributed by atoms with E-state index in [1.165, 1.54) is 0 Å². The maximum absolute atomic E-state index is 11.8. The van der Waals surface area contributed by atoms with Crippen LogP contribution in [0.5, 0.6) is 0 Å². The van der Waals surface area contributed by atoms with E-state index >= 15 is 0 Å². The number of hydrogen-bond donors (Lipinski definition) is 3. The Labute approximate surface area is 113 Å². The van der Waals surface area contributed by atoms with Gasteiger partial charge in [-0.05, 0) is 31.5 Å². The van der Waals surface area contributed by atoms with Crippen LogP contribution in [0, 0.1) is 0 Å². The number of amides is 2. The minimum Gasteiger partial charge on any atom is -0.354 e. The number of hydrogen-bond acceptors (Lipinski definition) is 3. The quantitative estimate of drug-likeness (QED) is 0.709. The first-order valence-corrected chi connectivity index (χ1v) is 6.39. The highest BCUT2D eigenvalue weighted by Gasteiger charge is 2.07. The summed E-state index contributed by atoms with van der Waals surface area (Å²) in [7, 11) is 0. The highest BCUT2D eigenvalue weighted by atomic mass is 16.2. The normalized spacial score (nSPS) is 10.3. The zero-order valence-corrected chi connectivity index (χ0v) is 11.4. The van der Waals surface area contributed by atoms with Gasteiger partial charge in [0.05, 0.1) is 0 Å². The Hall–Kier alpha value is -1.88. The standard InChI is InChI=1S/C14H21N3O2/c1-10(2)17-13(18)6-7-16-14(19)12-5-3-4-11(8-12)9-15/h3-5,8,10H,6-7,9,15H2,1-2H3,(H,16,19)(H,17,18). The molecule has 2 amide bonds. The van der Waals surface area contributed by atoms with Gasteiger partial charge in [0.25, 0.3) is 5.91 Å². The molecule has 0 radical (unpaired) electrons. The minimum absolute atomic E-state index is 0.0639. The Bertz CT molecular complexity index is 444. The van der Waals surface area contributed by atoms with Crippen molar-refractivity contribution in [3.8, 4) is 0 Å². The topological polar surface area (TPSA) is 84.2 Å². The summed E-state index contributed by atoms with van der Waals surface area (Å²) in [5.74, 6) is -0.251. The molecule has 1 aromatic rings. The molecule has 5 nitrogen and oxygen atoms in total. The average Bonchev–Trinajstić information content (AvgIpc) is 2.37. The van der Waals surface area contributed by atoms with Gasteiger partial charge in [-0.1, -0.05) is 12.1 Å². The second kappa shape index (κ2) is 7.53. The predicted octanol–water partition coefficient (Wildman–Crippen LogP) is 0.790.